The largest absolute Gasteiger partial charge is 0.287 e. The first-order chi connectivity index (χ1) is 6.74. The van der Waals surface area contributed by atoms with Crippen LogP contribution in [0.2, 0.25) is 0 Å². The standard InChI is InChI=1S/C9H7NO2.C2H6/c1-7-2-4-8(5-3-7)9(12)10-6-11;1-2/h2-5H,1H3;1-2H3. The van der Waals surface area contributed by atoms with Crippen molar-refractivity contribution in [2.45, 2.75) is 20.8 Å². The Bertz CT molecular complexity index is 335. The van der Waals surface area contributed by atoms with Crippen LogP contribution >= 0.6 is 0 Å². The van der Waals surface area contributed by atoms with E-state index in [-0.39, 0.29) is 0 Å². The number of rotatable bonds is 1. The summed E-state index contributed by atoms with van der Waals surface area (Å²) >= 11 is 0. The Morgan fingerprint density at radius 3 is 2.14 bits per heavy atom. The van der Waals surface area contributed by atoms with Crippen LogP contribution in [0.25, 0.3) is 0 Å². The first-order valence-electron chi connectivity index (χ1n) is 4.43. The first-order valence-corrected chi connectivity index (χ1v) is 4.43. The maximum Gasteiger partial charge on any atom is 0.287 e. The minimum atomic E-state index is -0.551. The van der Waals surface area contributed by atoms with E-state index >= 15 is 0 Å². The van der Waals surface area contributed by atoms with Crippen LogP contribution in [0.1, 0.15) is 29.8 Å². The number of aryl methyl sites for hydroxylation is 1. The molecule has 0 aromatic heterocycles. The van der Waals surface area contributed by atoms with Gasteiger partial charge in [0.15, 0.2) is 0 Å². The molecule has 0 radical (unpaired) electrons. The highest BCUT2D eigenvalue weighted by atomic mass is 16.2. The summed E-state index contributed by atoms with van der Waals surface area (Å²) in [7, 11) is 0. The van der Waals surface area contributed by atoms with Crippen molar-refractivity contribution < 1.29 is 9.59 Å². The van der Waals surface area contributed by atoms with E-state index in [2.05, 4.69) is 4.99 Å². The molecule has 0 saturated heterocycles. The van der Waals surface area contributed by atoms with Gasteiger partial charge in [-0.05, 0) is 19.1 Å². The highest BCUT2D eigenvalue weighted by Crippen LogP contribution is 2.03. The molecule has 1 amide bonds. The molecule has 0 N–H and O–H groups in total. The van der Waals surface area contributed by atoms with Gasteiger partial charge in [0.2, 0.25) is 6.08 Å². The minimum Gasteiger partial charge on any atom is -0.266 e. The van der Waals surface area contributed by atoms with Crippen molar-refractivity contribution >= 4 is 12.0 Å². The summed E-state index contributed by atoms with van der Waals surface area (Å²) in [4.78, 5) is 23.6. The third kappa shape index (κ3) is 3.78. The van der Waals surface area contributed by atoms with Crippen LogP contribution in [-0.4, -0.2) is 12.0 Å². The van der Waals surface area contributed by atoms with Crippen LogP contribution in [0.15, 0.2) is 29.3 Å². The van der Waals surface area contributed by atoms with Gasteiger partial charge in [-0.2, -0.15) is 0 Å². The molecule has 0 fully saturated rings. The SMILES string of the molecule is CC.Cc1ccc(C(=O)N=C=O)cc1. The highest BCUT2D eigenvalue weighted by molar-refractivity contribution is 5.97. The number of carbonyl (C=O) groups excluding carboxylic acids is 2. The lowest BCUT2D eigenvalue weighted by molar-refractivity contribution is 0.100. The predicted molar refractivity (Wildman–Crippen MR) is 55.0 cm³/mol. The smallest absolute Gasteiger partial charge is 0.266 e. The van der Waals surface area contributed by atoms with E-state index in [0.29, 0.717) is 5.56 Å². The molecule has 0 saturated carbocycles. The lowest BCUT2D eigenvalue weighted by Gasteiger charge is -1.93. The lowest BCUT2D eigenvalue weighted by Crippen LogP contribution is -1.93. The molecule has 1 aromatic rings. The average Bonchev–Trinajstić information content (AvgIpc) is 2.22. The summed E-state index contributed by atoms with van der Waals surface area (Å²) in [5, 5.41) is 0. The number of amides is 1. The van der Waals surface area contributed by atoms with Gasteiger partial charge in [0.1, 0.15) is 0 Å². The number of nitrogens with zero attached hydrogens (tertiary/aromatic N) is 1. The maximum absolute atomic E-state index is 10.9. The molecular weight excluding hydrogens is 178 g/mol. The van der Waals surface area contributed by atoms with E-state index in [1.54, 1.807) is 24.3 Å². The second-order valence-corrected chi connectivity index (χ2v) is 2.37. The van der Waals surface area contributed by atoms with E-state index in [0.717, 1.165) is 5.56 Å². The molecule has 0 atom stereocenters. The molecule has 1 aromatic carbocycles. The summed E-state index contributed by atoms with van der Waals surface area (Å²) in [5.74, 6) is -0.551. The molecule has 0 spiro atoms. The zero-order chi connectivity index (χ0) is 11.0. The highest BCUT2D eigenvalue weighted by Gasteiger charge is 2.01. The zero-order valence-corrected chi connectivity index (χ0v) is 8.57. The normalized spacial score (nSPS) is 7.93. The summed E-state index contributed by atoms with van der Waals surface area (Å²) in [6.45, 7) is 5.91. The molecule has 0 heterocycles. The molecule has 0 aliphatic rings. The topological polar surface area (TPSA) is 46.5 Å². The fourth-order valence-corrected chi connectivity index (χ4v) is 0.802. The zero-order valence-electron chi connectivity index (χ0n) is 8.57. The van der Waals surface area contributed by atoms with Crippen LogP contribution in [0.4, 0.5) is 0 Å². The van der Waals surface area contributed by atoms with Crippen LogP contribution < -0.4 is 0 Å². The number of carbonyl (C=O) groups is 1. The van der Waals surface area contributed by atoms with Gasteiger partial charge in [0.25, 0.3) is 5.91 Å². The Morgan fingerprint density at radius 1 is 1.21 bits per heavy atom. The molecule has 3 nitrogen and oxygen atoms in total. The average molecular weight is 191 g/mol. The van der Waals surface area contributed by atoms with E-state index in [9.17, 15) is 9.59 Å². The van der Waals surface area contributed by atoms with Crippen molar-refractivity contribution in [1.82, 2.24) is 0 Å². The third-order valence-corrected chi connectivity index (χ3v) is 1.45. The molecule has 0 unspecified atom stereocenters. The molecule has 0 bridgehead atoms. The molecular formula is C11H13NO2. The number of isocyanates is 1. The van der Waals surface area contributed by atoms with Crippen LogP contribution in [0.5, 0.6) is 0 Å². The molecule has 3 heteroatoms. The van der Waals surface area contributed by atoms with Crippen LogP contribution in [-0.2, 0) is 4.79 Å². The van der Waals surface area contributed by atoms with Crippen molar-refractivity contribution in [1.29, 1.82) is 0 Å². The Hall–Kier alpha value is -1.73. The van der Waals surface area contributed by atoms with Crippen molar-refractivity contribution in [3.8, 4) is 0 Å². The Kier molecular flexibility index (Phi) is 5.92. The van der Waals surface area contributed by atoms with Gasteiger partial charge in [-0.25, -0.2) is 4.79 Å². The monoisotopic (exact) mass is 191 g/mol. The van der Waals surface area contributed by atoms with Gasteiger partial charge in [0.05, 0.1) is 0 Å². The summed E-state index contributed by atoms with van der Waals surface area (Å²) in [6.07, 6.45) is 1.21. The summed E-state index contributed by atoms with van der Waals surface area (Å²) in [5.41, 5.74) is 1.46. The Morgan fingerprint density at radius 2 is 1.71 bits per heavy atom. The Labute approximate surface area is 83.5 Å². The first kappa shape index (κ1) is 12.3. The van der Waals surface area contributed by atoms with Crippen LogP contribution in [0, 0.1) is 6.92 Å². The fraction of sp³-hybridized carbons (Fsp3) is 0.273. The van der Waals surface area contributed by atoms with E-state index in [4.69, 9.17) is 0 Å². The number of benzene rings is 1. The van der Waals surface area contributed by atoms with Gasteiger partial charge in [-0.15, -0.1) is 4.99 Å². The van der Waals surface area contributed by atoms with E-state index < -0.39 is 5.91 Å². The van der Waals surface area contributed by atoms with Gasteiger partial charge in [-0.3, -0.25) is 4.79 Å². The maximum atomic E-state index is 10.9. The number of aliphatic imine (C=N–C) groups is 1. The van der Waals surface area contributed by atoms with E-state index in [1.165, 1.54) is 6.08 Å². The quantitative estimate of drug-likeness (QED) is 0.505. The van der Waals surface area contributed by atoms with Gasteiger partial charge < -0.3 is 0 Å². The fourth-order valence-electron chi connectivity index (χ4n) is 0.802. The third-order valence-electron chi connectivity index (χ3n) is 1.45. The second kappa shape index (κ2) is 6.75. The molecule has 0 aliphatic heterocycles. The second-order valence-electron chi connectivity index (χ2n) is 2.37. The predicted octanol–water partition coefficient (Wildman–Crippen LogP) is 2.50. The van der Waals surface area contributed by atoms with Crippen molar-refractivity contribution in [2.24, 2.45) is 4.99 Å². The molecule has 74 valence electrons. The Balaban J connectivity index is 0.000000791. The van der Waals surface area contributed by atoms with Crippen LogP contribution in [0.3, 0.4) is 0 Å². The summed E-state index contributed by atoms with van der Waals surface area (Å²) < 4.78 is 0. The lowest BCUT2D eigenvalue weighted by atomic mass is 10.1. The molecule has 1 rings (SSSR count). The van der Waals surface area contributed by atoms with E-state index in [1.807, 2.05) is 20.8 Å². The van der Waals surface area contributed by atoms with Gasteiger partial charge in [0, 0.05) is 5.56 Å². The minimum absolute atomic E-state index is 0.406. The van der Waals surface area contributed by atoms with Crippen molar-refractivity contribution in [3.05, 3.63) is 35.4 Å². The molecule has 14 heavy (non-hydrogen) atoms. The van der Waals surface area contributed by atoms with Gasteiger partial charge in [-0.1, -0.05) is 31.5 Å². The number of hydrogen-bond donors (Lipinski definition) is 0. The van der Waals surface area contributed by atoms with Gasteiger partial charge >= 0.3 is 0 Å². The summed E-state index contributed by atoms with van der Waals surface area (Å²) in [6, 6.07) is 6.82. The van der Waals surface area contributed by atoms with Crippen molar-refractivity contribution in [2.75, 3.05) is 0 Å². The number of hydrogen-bond acceptors (Lipinski definition) is 2. The molecule has 0 aliphatic carbocycles. The van der Waals surface area contributed by atoms with Crippen molar-refractivity contribution in [3.63, 3.8) is 0 Å².